The Morgan fingerprint density at radius 1 is 1.36 bits per heavy atom. The summed E-state index contributed by atoms with van der Waals surface area (Å²) in [5.41, 5.74) is 0.0148. The molecule has 0 bridgehead atoms. The van der Waals surface area contributed by atoms with Crippen molar-refractivity contribution in [3.05, 3.63) is 16.1 Å². The molecule has 0 spiro atoms. The molecule has 0 aliphatic rings. The highest BCUT2D eigenvalue weighted by Crippen LogP contribution is 2.25. The van der Waals surface area contributed by atoms with Gasteiger partial charge in [0.05, 0.1) is 5.69 Å². The number of rotatable bonds is 7. The smallest absolute Gasteiger partial charge is 0.407 e. The quantitative estimate of drug-likeness (QED) is 0.714. The Morgan fingerprint density at radius 3 is 2.52 bits per heavy atom. The Bertz CT molecular complexity index is 580. The van der Waals surface area contributed by atoms with Gasteiger partial charge in [-0.1, -0.05) is 13.8 Å². The van der Waals surface area contributed by atoms with E-state index in [0.717, 1.165) is 0 Å². The van der Waals surface area contributed by atoms with Crippen LogP contribution in [0, 0.1) is 5.92 Å². The fourth-order valence-electron chi connectivity index (χ4n) is 2.02. The minimum absolute atomic E-state index is 0.0856. The molecule has 1 heterocycles. The monoisotopic (exact) mass is 372 g/mol. The number of thiazole rings is 1. The lowest BCUT2D eigenvalue weighted by Crippen LogP contribution is -2.42. The first-order valence-corrected chi connectivity index (χ1v) is 9.11. The molecule has 7 nitrogen and oxygen atoms in total. The number of nitrogens with zero attached hydrogens (tertiary/aromatic N) is 1. The van der Waals surface area contributed by atoms with E-state index in [2.05, 4.69) is 10.3 Å². The fourth-order valence-corrected chi connectivity index (χ4v) is 2.82. The van der Waals surface area contributed by atoms with Gasteiger partial charge in [0.15, 0.2) is 0 Å². The number of aliphatic hydroxyl groups excluding tert-OH is 1. The molecule has 2 unspecified atom stereocenters. The largest absolute Gasteiger partial charge is 0.459 e. The van der Waals surface area contributed by atoms with Crippen molar-refractivity contribution in [2.24, 2.45) is 5.92 Å². The van der Waals surface area contributed by atoms with Crippen molar-refractivity contribution < 1.29 is 24.2 Å². The predicted molar refractivity (Wildman–Crippen MR) is 95.2 cm³/mol. The number of hydrogen-bond acceptors (Lipinski definition) is 7. The van der Waals surface area contributed by atoms with E-state index in [0.29, 0.717) is 17.1 Å². The molecule has 25 heavy (non-hydrogen) atoms. The molecule has 1 rings (SSSR count). The average molecular weight is 372 g/mol. The Morgan fingerprint density at radius 2 is 2.00 bits per heavy atom. The molecule has 1 aromatic heterocycles. The van der Waals surface area contributed by atoms with Gasteiger partial charge >= 0.3 is 12.1 Å². The number of carbonyl (C=O) groups excluding carboxylic acids is 2. The number of nitrogens with one attached hydrogen (secondary N) is 1. The second kappa shape index (κ2) is 9.15. The van der Waals surface area contributed by atoms with Gasteiger partial charge in [-0.25, -0.2) is 9.78 Å². The van der Waals surface area contributed by atoms with Crippen LogP contribution in [0.2, 0.25) is 0 Å². The van der Waals surface area contributed by atoms with E-state index < -0.39 is 17.8 Å². The molecule has 0 saturated carbocycles. The summed E-state index contributed by atoms with van der Waals surface area (Å²) in [5.74, 6) is -0.265. The average Bonchev–Trinajstić information content (AvgIpc) is 2.91. The van der Waals surface area contributed by atoms with Gasteiger partial charge in [-0.15, -0.1) is 11.3 Å². The number of aliphatic hydroxyl groups is 1. The highest BCUT2D eigenvalue weighted by atomic mass is 32.1. The summed E-state index contributed by atoms with van der Waals surface area (Å²) in [6, 6.07) is -0.259. The maximum Gasteiger partial charge on any atom is 0.407 e. The molecular weight excluding hydrogens is 344 g/mol. The van der Waals surface area contributed by atoms with Crippen LogP contribution < -0.4 is 5.32 Å². The number of alkyl carbamates (subject to hydrolysis) is 1. The minimum atomic E-state index is -0.821. The third-order valence-electron chi connectivity index (χ3n) is 3.26. The lowest BCUT2D eigenvalue weighted by Gasteiger charge is -2.26. The highest BCUT2D eigenvalue weighted by molar-refractivity contribution is 7.09. The highest BCUT2D eigenvalue weighted by Gasteiger charge is 2.25. The second-order valence-corrected chi connectivity index (χ2v) is 8.10. The second-order valence-electron chi connectivity index (χ2n) is 7.21. The molecule has 142 valence electrons. The van der Waals surface area contributed by atoms with Crippen molar-refractivity contribution in [2.45, 2.75) is 72.3 Å². The lowest BCUT2D eigenvalue weighted by atomic mass is 9.98. The van der Waals surface area contributed by atoms with Crippen molar-refractivity contribution in [3.8, 4) is 0 Å². The summed E-state index contributed by atoms with van der Waals surface area (Å²) in [7, 11) is 0. The van der Waals surface area contributed by atoms with Crippen LogP contribution in [-0.4, -0.2) is 33.8 Å². The number of esters is 1. The summed E-state index contributed by atoms with van der Waals surface area (Å²) in [4.78, 5) is 27.1. The summed E-state index contributed by atoms with van der Waals surface area (Å²) in [6.45, 7) is 10.7. The zero-order valence-electron chi connectivity index (χ0n) is 15.7. The van der Waals surface area contributed by atoms with E-state index in [9.17, 15) is 14.7 Å². The van der Waals surface area contributed by atoms with Gasteiger partial charge in [-0.2, -0.15) is 0 Å². The predicted octanol–water partition coefficient (Wildman–Crippen LogP) is 3.18. The van der Waals surface area contributed by atoms with Crippen LogP contribution in [0.25, 0.3) is 0 Å². The van der Waals surface area contributed by atoms with Crippen LogP contribution in [0.1, 0.15) is 64.8 Å². The summed E-state index contributed by atoms with van der Waals surface area (Å²) >= 11 is 1.30. The van der Waals surface area contributed by atoms with Crippen molar-refractivity contribution >= 4 is 23.4 Å². The maximum absolute atomic E-state index is 12.0. The Hall–Kier alpha value is -1.67. The molecule has 0 aliphatic heterocycles. The van der Waals surface area contributed by atoms with Crippen LogP contribution in [0.5, 0.6) is 0 Å². The lowest BCUT2D eigenvalue weighted by molar-refractivity contribution is -0.142. The number of amides is 1. The Kier molecular flexibility index (Phi) is 7.82. The Labute approximate surface area is 152 Å². The van der Waals surface area contributed by atoms with Crippen LogP contribution >= 0.6 is 11.3 Å². The molecule has 0 fully saturated rings. The molecule has 2 N–H and O–H groups in total. The first kappa shape index (κ1) is 21.4. The first-order valence-electron chi connectivity index (χ1n) is 8.23. The number of aromatic nitrogens is 1. The van der Waals surface area contributed by atoms with Crippen molar-refractivity contribution in [2.75, 3.05) is 0 Å². The molecule has 1 aromatic rings. The van der Waals surface area contributed by atoms with Crippen LogP contribution in [-0.2, 0) is 20.9 Å². The van der Waals surface area contributed by atoms with E-state index in [1.165, 1.54) is 18.3 Å². The standard InChI is InChI=1S/C17H28N2O5S/c1-10(2)13(19-16(22)24-17(4,5)6)7-14(21)15-18-12(9-25-15)8-23-11(3)20/h9-10,13-14,21H,7-8H2,1-6H3,(H,19,22). The molecule has 0 saturated heterocycles. The van der Waals surface area contributed by atoms with E-state index in [1.54, 1.807) is 26.2 Å². The zero-order valence-corrected chi connectivity index (χ0v) is 16.5. The Balaban J connectivity index is 2.65. The molecule has 0 aromatic carbocycles. The molecule has 0 radical (unpaired) electrons. The molecular formula is C17H28N2O5S. The number of carbonyl (C=O) groups is 2. The normalized spacial score (nSPS) is 14.1. The SMILES string of the molecule is CC(=O)OCc1csc(C(O)CC(NC(=O)OC(C)(C)C)C(C)C)n1. The fraction of sp³-hybridized carbons (Fsp3) is 0.706. The first-order chi connectivity index (χ1) is 11.5. The maximum atomic E-state index is 12.0. The van der Waals surface area contributed by atoms with Gasteiger partial charge in [-0.3, -0.25) is 4.79 Å². The number of hydrogen-bond donors (Lipinski definition) is 2. The van der Waals surface area contributed by atoms with E-state index in [-0.39, 0.29) is 24.5 Å². The van der Waals surface area contributed by atoms with Gasteiger partial charge in [0.1, 0.15) is 23.3 Å². The van der Waals surface area contributed by atoms with Gasteiger partial charge in [0, 0.05) is 24.8 Å². The molecule has 2 atom stereocenters. The van der Waals surface area contributed by atoms with Gasteiger partial charge in [0.2, 0.25) is 0 Å². The van der Waals surface area contributed by atoms with E-state index in [4.69, 9.17) is 9.47 Å². The minimum Gasteiger partial charge on any atom is -0.459 e. The topological polar surface area (TPSA) is 97.8 Å². The van der Waals surface area contributed by atoms with Gasteiger partial charge in [-0.05, 0) is 26.7 Å². The zero-order chi connectivity index (χ0) is 19.2. The summed E-state index contributed by atoms with van der Waals surface area (Å²) in [5, 5.41) is 15.5. The summed E-state index contributed by atoms with van der Waals surface area (Å²) < 4.78 is 10.2. The van der Waals surface area contributed by atoms with Gasteiger partial charge < -0.3 is 19.9 Å². The number of ether oxygens (including phenoxy) is 2. The van der Waals surface area contributed by atoms with E-state index in [1.807, 2.05) is 13.8 Å². The molecule has 0 aliphatic carbocycles. The molecule has 1 amide bonds. The van der Waals surface area contributed by atoms with Crippen LogP contribution in [0.15, 0.2) is 5.38 Å². The third-order valence-corrected chi connectivity index (χ3v) is 4.26. The van der Waals surface area contributed by atoms with Crippen LogP contribution in [0.3, 0.4) is 0 Å². The van der Waals surface area contributed by atoms with Crippen molar-refractivity contribution in [1.82, 2.24) is 10.3 Å². The van der Waals surface area contributed by atoms with Crippen molar-refractivity contribution in [3.63, 3.8) is 0 Å². The van der Waals surface area contributed by atoms with Crippen LogP contribution in [0.4, 0.5) is 4.79 Å². The summed E-state index contributed by atoms with van der Waals surface area (Å²) in [6.07, 6.45) is -1.01. The third kappa shape index (κ3) is 8.31. The molecule has 8 heteroatoms. The van der Waals surface area contributed by atoms with Gasteiger partial charge in [0.25, 0.3) is 0 Å². The van der Waals surface area contributed by atoms with Crippen molar-refractivity contribution in [1.29, 1.82) is 0 Å². The van der Waals surface area contributed by atoms with E-state index >= 15 is 0 Å².